The molecule has 192 valence electrons. The summed E-state index contributed by atoms with van der Waals surface area (Å²) in [5.41, 5.74) is -0.136. The van der Waals surface area contributed by atoms with E-state index < -0.39 is 45.3 Å². The van der Waals surface area contributed by atoms with Gasteiger partial charge in [0.15, 0.2) is 0 Å². The maximum absolute atomic E-state index is 13.5. The molecule has 0 unspecified atom stereocenters. The van der Waals surface area contributed by atoms with Crippen LogP contribution in [0.3, 0.4) is 0 Å². The fourth-order valence-electron chi connectivity index (χ4n) is 3.56. The second-order valence-corrected chi connectivity index (χ2v) is 10.3. The molecule has 0 aliphatic heterocycles. The molecule has 0 aliphatic rings. The lowest BCUT2D eigenvalue weighted by atomic mass is 10.1. The Bertz CT molecular complexity index is 1350. The van der Waals surface area contributed by atoms with E-state index in [0.29, 0.717) is 21.7 Å². The second kappa shape index (κ2) is 10.8. The van der Waals surface area contributed by atoms with Gasteiger partial charge in [-0.15, -0.1) is 0 Å². The molecule has 3 aromatic rings. The molecule has 0 radical (unpaired) electrons. The van der Waals surface area contributed by atoms with Gasteiger partial charge < -0.3 is 10.1 Å². The Morgan fingerprint density at radius 2 is 1.72 bits per heavy atom. The number of nitrogens with one attached hydrogen (secondary N) is 1. The fraction of sp³-hybridized carbons (Fsp3) is 0.240. The van der Waals surface area contributed by atoms with Crippen LogP contribution in [-0.4, -0.2) is 28.0 Å². The van der Waals surface area contributed by atoms with Gasteiger partial charge in [0, 0.05) is 5.56 Å². The number of aryl methyl sites for hydroxylation is 1. The number of hydrogen-bond donors (Lipinski definition) is 1. The van der Waals surface area contributed by atoms with Crippen molar-refractivity contribution < 1.29 is 31.1 Å². The van der Waals surface area contributed by atoms with Gasteiger partial charge in [-0.05, 0) is 50.2 Å². The maximum atomic E-state index is 13.5. The minimum atomic E-state index is -4.83. The van der Waals surface area contributed by atoms with E-state index in [1.54, 1.807) is 50.2 Å². The summed E-state index contributed by atoms with van der Waals surface area (Å²) in [5.74, 6) is -0.213. The lowest BCUT2D eigenvalue weighted by Crippen LogP contribution is -2.41. The van der Waals surface area contributed by atoms with Crippen molar-refractivity contribution in [2.75, 3.05) is 18.0 Å². The summed E-state index contributed by atoms with van der Waals surface area (Å²) in [5, 5.41) is 2.10. The van der Waals surface area contributed by atoms with Crippen LogP contribution in [0.5, 0.6) is 5.75 Å². The Kier molecular flexibility index (Phi) is 8.20. The maximum Gasteiger partial charge on any atom is 0.417 e. The topological polar surface area (TPSA) is 75.7 Å². The Balaban J connectivity index is 2.01. The number of anilines is 1. The number of halogens is 4. The SMILES string of the molecule is COc1ccccc1[C@H](C)NC(=O)CN(c1ccc(Cl)c(C(F)(F)F)c1)S(=O)(=O)c1ccc(C)cc1. The number of nitrogens with zero attached hydrogens (tertiary/aromatic N) is 1. The molecule has 0 aliphatic carbocycles. The minimum absolute atomic E-state index is 0.179. The van der Waals surface area contributed by atoms with Gasteiger partial charge in [-0.25, -0.2) is 8.42 Å². The van der Waals surface area contributed by atoms with Gasteiger partial charge in [0.25, 0.3) is 10.0 Å². The van der Waals surface area contributed by atoms with Gasteiger partial charge >= 0.3 is 6.18 Å². The molecule has 1 amide bonds. The Hall–Kier alpha value is -3.24. The number of sulfonamides is 1. The van der Waals surface area contributed by atoms with E-state index in [-0.39, 0.29) is 10.6 Å². The fourth-order valence-corrected chi connectivity index (χ4v) is 5.20. The number of carbonyl (C=O) groups is 1. The summed E-state index contributed by atoms with van der Waals surface area (Å²) < 4.78 is 73.4. The average Bonchev–Trinajstić information content (AvgIpc) is 2.82. The highest BCUT2D eigenvalue weighted by atomic mass is 35.5. The monoisotopic (exact) mass is 540 g/mol. The van der Waals surface area contributed by atoms with Gasteiger partial charge in [0.05, 0.1) is 34.3 Å². The molecule has 0 saturated heterocycles. The van der Waals surface area contributed by atoms with Crippen LogP contribution in [0.1, 0.15) is 29.7 Å². The highest BCUT2D eigenvalue weighted by molar-refractivity contribution is 7.92. The molecule has 0 spiro atoms. The minimum Gasteiger partial charge on any atom is -0.496 e. The first-order valence-corrected chi connectivity index (χ1v) is 12.5. The summed E-state index contributed by atoms with van der Waals surface area (Å²) in [6.45, 7) is 2.67. The van der Waals surface area contributed by atoms with Gasteiger partial charge in [-0.1, -0.05) is 47.5 Å². The van der Waals surface area contributed by atoms with Crippen LogP contribution in [0.2, 0.25) is 5.02 Å². The van der Waals surface area contributed by atoms with Gasteiger partial charge in [0.1, 0.15) is 12.3 Å². The second-order valence-electron chi connectivity index (χ2n) is 8.02. The predicted molar refractivity (Wildman–Crippen MR) is 132 cm³/mol. The molecule has 36 heavy (non-hydrogen) atoms. The van der Waals surface area contributed by atoms with Crippen molar-refractivity contribution in [3.8, 4) is 5.75 Å². The van der Waals surface area contributed by atoms with Crippen LogP contribution in [-0.2, 0) is 21.0 Å². The molecule has 0 aromatic heterocycles. The molecular weight excluding hydrogens is 517 g/mol. The normalized spacial score (nSPS) is 12.6. The number of alkyl halides is 3. The highest BCUT2D eigenvalue weighted by Crippen LogP contribution is 2.38. The molecule has 0 fully saturated rings. The molecule has 0 saturated carbocycles. The molecule has 6 nitrogen and oxygen atoms in total. The molecule has 1 atom stereocenters. The van der Waals surface area contributed by atoms with Crippen LogP contribution in [0.25, 0.3) is 0 Å². The summed E-state index contributed by atoms with van der Waals surface area (Å²) in [7, 11) is -2.94. The van der Waals surface area contributed by atoms with Crippen molar-refractivity contribution in [2.45, 2.75) is 31.0 Å². The zero-order valence-electron chi connectivity index (χ0n) is 19.6. The first-order valence-electron chi connectivity index (χ1n) is 10.7. The lowest BCUT2D eigenvalue weighted by molar-refractivity contribution is -0.137. The van der Waals surface area contributed by atoms with Crippen molar-refractivity contribution in [3.05, 3.63) is 88.4 Å². The van der Waals surface area contributed by atoms with E-state index in [0.717, 1.165) is 17.7 Å². The summed E-state index contributed by atoms with van der Waals surface area (Å²) in [6.07, 6.45) is -4.83. The van der Waals surface area contributed by atoms with Crippen molar-refractivity contribution in [1.82, 2.24) is 5.32 Å². The molecule has 3 rings (SSSR count). The molecule has 11 heteroatoms. The van der Waals surface area contributed by atoms with Gasteiger partial charge in [-0.2, -0.15) is 13.2 Å². The van der Waals surface area contributed by atoms with E-state index in [1.165, 1.54) is 19.2 Å². The van der Waals surface area contributed by atoms with E-state index in [2.05, 4.69) is 5.32 Å². The lowest BCUT2D eigenvalue weighted by Gasteiger charge is -2.26. The first-order chi connectivity index (χ1) is 16.8. The highest BCUT2D eigenvalue weighted by Gasteiger charge is 2.35. The van der Waals surface area contributed by atoms with Gasteiger partial charge in [-0.3, -0.25) is 9.10 Å². The first kappa shape index (κ1) is 27.3. The zero-order chi connectivity index (χ0) is 26.7. The third-order valence-electron chi connectivity index (χ3n) is 5.42. The molecule has 0 heterocycles. The Morgan fingerprint density at radius 3 is 2.33 bits per heavy atom. The Labute approximate surface area is 212 Å². The number of hydrogen-bond acceptors (Lipinski definition) is 4. The number of methoxy groups -OCH3 is 1. The third kappa shape index (κ3) is 6.11. The van der Waals surface area contributed by atoms with Crippen LogP contribution in [0.15, 0.2) is 71.6 Å². The average molecular weight is 541 g/mol. The number of para-hydroxylation sites is 1. The van der Waals surface area contributed by atoms with E-state index >= 15 is 0 Å². The summed E-state index contributed by atoms with van der Waals surface area (Å²) in [4.78, 5) is 12.8. The number of amides is 1. The van der Waals surface area contributed by atoms with Crippen molar-refractivity contribution >= 4 is 33.2 Å². The Morgan fingerprint density at radius 1 is 1.08 bits per heavy atom. The number of benzene rings is 3. The quantitative estimate of drug-likeness (QED) is 0.395. The third-order valence-corrected chi connectivity index (χ3v) is 7.54. The largest absolute Gasteiger partial charge is 0.496 e. The smallest absolute Gasteiger partial charge is 0.417 e. The van der Waals surface area contributed by atoms with E-state index in [9.17, 15) is 26.4 Å². The van der Waals surface area contributed by atoms with Crippen molar-refractivity contribution in [1.29, 1.82) is 0 Å². The molecule has 0 bridgehead atoms. The van der Waals surface area contributed by atoms with E-state index in [4.69, 9.17) is 16.3 Å². The van der Waals surface area contributed by atoms with Crippen LogP contribution >= 0.6 is 11.6 Å². The number of ether oxygens (including phenoxy) is 1. The van der Waals surface area contributed by atoms with Gasteiger partial charge in [0.2, 0.25) is 5.91 Å². The number of rotatable bonds is 8. The standard InChI is InChI=1S/C25H24ClF3N2O4S/c1-16-8-11-19(12-9-16)36(33,34)31(18-10-13-22(26)21(14-18)25(27,28)29)15-24(32)30-17(2)20-6-4-5-7-23(20)35-3/h4-14,17H,15H2,1-3H3,(H,30,32)/t17-/m0/s1. The van der Waals surface area contributed by atoms with Crippen molar-refractivity contribution in [3.63, 3.8) is 0 Å². The summed E-state index contributed by atoms with van der Waals surface area (Å²) in [6, 6.07) is 14.8. The molecule has 3 aromatic carbocycles. The number of carbonyl (C=O) groups excluding carboxylic acids is 1. The van der Waals surface area contributed by atoms with E-state index in [1.807, 2.05) is 0 Å². The van der Waals surface area contributed by atoms with Crippen molar-refractivity contribution in [2.24, 2.45) is 0 Å². The summed E-state index contributed by atoms with van der Waals surface area (Å²) >= 11 is 5.73. The zero-order valence-corrected chi connectivity index (χ0v) is 21.2. The van der Waals surface area contributed by atoms with Crippen LogP contribution in [0, 0.1) is 6.92 Å². The molecular formula is C25H24ClF3N2O4S. The molecule has 1 N–H and O–H groups in total. The van der Waals surface area contributed by atoms with Crippen LogP contribution < -0.4 is 14.4 Å². The predicted octanol–water partition coefficient (Wildman–Crippen LogP) is 5.75. The van der Waals surface area contributed by atoms with Crippen LogP contribution in [0.4, 0.5) is 18.9 Å².